The number of nitrogens with one attached hydrogen (secondary N) is 1. The summed E-state index contributed by atoms with van der Waals surface area (Å²) in [6, 6.07) is 7.20. The summed E-state index contributed by atoms with van der Waals surface area (Å²) in [5, 5.41) is 13.4. The molecular formula is C22H31ClN2O3. The molecule has 28 heavy (non-hydrogen) atoms. The molecule has 2 N–H and O–H groups in total. The fourth-order valence-electron chi connectivity index (χ4n) is 4.51. The number of aliphatic carboxylic acids is 1. The van der Waals surface area contributed by atoms with E-state index in [0.717, 1.165) is 76.8 Å². The van der Waals surface area contributed by atoms with Crippen molar-refractivity contribution in [2.75, 3.05) is 32.7 Å². The SMILES string of the molecule is O=C(O)C1CCCC(CNCCN2CCC(C(=O)c3ccc(Cl)cc3)CC2)C1. The van der Waals surface area contributed by atoms with E-state index < -0.39 is 5.97 Å². The van der Waals surface area contributed by atoms with Crippen molar-refractivity contribution in [3.05, 3.63) is 34.9 Å². The molecule has 5 nitrogen and oxygen atoms in total. The maximum Gasteiger partial charge on any atom is 0.306 e. The van der Waals surface area contributed by atoms with Gasteiger partial charge in [0.2, 0.25) is 0 Å². The minimum atomic E-state index is -0.638. The van der Waals surface area contributed by atoms with Crippen molar-refractivity contribution >= 4 is 23.4 Å². The summed E-state index contributed by atoms with van der Waals surface area (Å²) >= 11 is 5.90. The van der Waals surface area contributed by atoms with Gasteiger partial charge in [-0.2, -0.15) is 0 Å². The lowest BCUT2D eigenvalue weighted by atomic mass is 9.81. The summed E-state index contributed by atoms with van der Waals surface area (Å²) in [5.41, 5.74) is 0.761. The number of carboxylic acids is 1. The number of ketones is 1. The van der Waals surface area contributed by atoms with E-state index in [4.69, 9.17) is 11.6 Å². The molecule has 0 radical (unpaired) electrons. The molecule has 1 aromatic carbocycles. The highest BCUT2D eigenvalue weighted by atomic mass is 35.5. The Hall–Kier alpha value is -1.43. The van der Waals surface area contributed by atoms with Crippen LogP contribution in [-0.4, -0.2) is 54.5 Å². The number of nitrogens with zero attached hydrogens (tertiary/aromatic N) is 1. The van der Waals surface area contributed by atoms with Gasteiger partial charge < -0.3 is 15.3 Å². The maximum atomic E-state index is 12.6. The molecule has 1 saturated carbocycles. The topological polar surface area (TPSA) is 69.6 Å². The molecule has 0 spiro atoms. The van der Waals surface area contributed by atoms with Gasteiger partial charge >= 0.3 is 5.97 Å². The Morgan fingerprint density at radius 1 is 1.07 bits per heavy atom. The predicted molar refractivity (Wildman–Crippen MR) is 111 cm³/mol. The molecule has 1 aliphatic heterocycles. The summed E-state index contributed by atoms with van der Waals surface area (Å²) in [4.78, 5) is 26.2. The van der Waals surface area contributed by atoms with E-state index in [1.165, 1.54) is 0 Å². The van der Waals surface area contributed by atoms with E-state index in [-0.39, 0.29) is 17.6 Å². The first kappa shape index (κ1) is 21.3. The van der Waals surface area contributed by atoms with E-state index >= 15 is 0 Å². The van der Waals surface area contributed by atoms with E-state index in [9.17, 15) is 14.7 Å². The first-order chi connectivity index (χ1) is 13.5. The lowest BCUT2D eigenvalue weighted by molar-refractivity contribution is -0.143. The van der Waals surface area contributed by atoms with Crippen molar-refractivity contribution < 1.29 is 14.7 Å². The lowest BCUT2D eigenvalue weighted by Gasteiger charge is -2.32. The number of benzene rings is 1. The smallest absolute Gasteiger partial charge is 0.306 e. The van der Waals surface area contributed by atoms with Crippen molar-refractivity contribution in [3.63, 3.8) is 0 Å². The molecular weight excluding hydrogens is 376 g/mol. The highest BCUT2D eigenvalue weighted by Gasteiger charge is 2.27. The zero-order valence-corrected chi connectivity index (χ0v) is 17.2. The number of rotatable bonds is 8. The molecule has 3 rings (SSSR count). The number of halogens is 1. The number of piperidine rings is 1. The standard InChI is InChI=1S/C22H31ClN2O3/c23-20-6-4-17(5-7-20)21(26)18-8-11-25(12-9-18)13-10-24-15-16-2-1-3-19(14-16)22(27)28/h4-7,16,18-19,24H,1-3,8-15H2,(H,27,28). The Labute approximate surface area is 172 Å². The Morgan fingerprint density at radius 2 is 1.79 bits per heavy atom. The van der Waals surface area contributed by atoms with Crippen molar-refractivity contribution in [3.8, 4) is 0 Å². The van der Waals surface area contributed by atoms with Crippen LogP contribution in [0.2, 0.25) is 5.02 Å². The third-order valence-electron chi connectivity index (χ3n) is 6.26. The highest BCUT2D eigenvalue weighted by molar-refractivity contribution is 6.30. The van der Waals surface area contributed by atoms with Gasteiger partial charge in [-0.3, -0.25) is 9.59 Å². The van der Waals surface area contributed by atoms with Gasteiger partial charge in [0, 0.05) is 29.6 Å². The average molecular weight is 407 g/mol. The Balaban J connectivity index is 1.32. The van der Waals surface area contributed by atoms with Gasteiger partial charge in [-0.05, 0) is 81.9 Å². The van der Waals surface area contributed by atoms with Crippen molar-refractivity contribution in [1.29, 1.82) is 0 Å². The number of carbonyl (C=O) groups excluding carboxylic acids is 1. The molecule has 2 fully saturated rings. The number of carbonyl (C=O) groups is 2. The summed E-state index contributed by atoms with van der Waals surface area (Å²) in [5.74, 6) is 0.0383. The minimum Gasteiger partial charge on any atom is -0.481 e. The molecule has 2 unspecified atom stereocenters. The van der Waals surface area contributed by atoms with Crippen LogP contribution in [0.25, 0.3) is 0 Å². The van der Waals surface area contributed by atoms with Crippen LogP contribution < -0.4 is 5.32 Å². The van der Waals surface area contributed by atoms with Crippen molar-refractivity contribution in [1.82, 2.24) is 10.2 Å². The molecule has 154 valence electrons. The summed E-state index contributed by atoms with van der Waals surface area (Å²) in [7, 11) is 0. The van der Waals surface area contributed by atoms with E-state index in [2.05, 4.69) is 10.2 Å². The summed E-state index contributed by atoms with van der Waals surface area (Å²) in [6.45, 7) is 4.72. The second kappa shape index (κ2) is 10.4. The van der Waals surface area contributed by atoms with Gasteiger partial charge in [0.1, 0.15) is 0 Å². The first-order valence-corrected chi connectivity index (χ1v) is 10.9. The largest absolute Gasteiger partial charge is 0.481 e. The summed E-state index contributed by atoms with van der Waals surface area (Å²) < 4.78 is 0. The second-order valence-corrected chi connectivity index (χ2v) is 8.70. The number of hydrogen-bond acceptors (Lipinski definition) is 4. The number of likely N-dealkylation sites (tertiary alicyclic amines) is 1. The summed E-state index contributed by atoms with van der Waals surface area (Å²) in [6.07, 6.45) is 5.61. The van der Waals surface area contributed by atoms with E-state index in [1.807, 2.05) is 12.1 Å². The average Bonchev–Trinajstić information content (AvgIpc) is 2.72. The lowest BCUT2D eigenvalue weighted by Crippen LogP contribution is -2.41. The zero-order valence-electron chi connectivity index (χ0n) is 16.4. The Kier molecular flexibility index (Phi) is 7.89. The molecule has 2 atom stereocenters. The molecule has 0 bridgehead atoms. The molecule has 1 saturated heterocycles. The number of carboxylic acid groups (broad SMARTS) is 1. The molecule has 1 aromatic rings. The number of Topliss-reactive ketones (excluding diaryl/α,β-unsaturated/α-hetero) is 1. The van der Waals surface area contributed by atoms with Crippen LogP contribution in [0.1, 0.15) is 48.9 Å². The fraction of sp³-hybridized carbons (Fsp3) is 0.636. The van der Waals surface area contributed by atoms with Gasteiger partial charge in [0.25, 0.3) is 0 Å². The van der Waals surface area contributed by atoms with Gasteiger partial charge in [0.15, 0.2) is 5.78 Å². The second-order valence-electron chi connectivity index (χ2n) is 8.26. The third kappa shape index (κ3) is 6.03. The van der Waals surface area contributed by atoms with Crippen LogP contribution >= 0.6 is 11.6 Å². The fourth-order valence-corrected chi connectivity index (χ4v) is 4.64. The van der Waals surface area contributed by atoms with Crippen LogP contribution in [-0.2, 0) is 4.79 Å². The van der Waals surface area contributed by atoms with Gasteiger partial charge in [-0.1, -0.05) is 18.0 Å². The number of hydrogen-bond donors (Lipinski definition) is 2. The van der Waals surface area contributed by atoms with E-state index in [1.54, 1.807) is 12.1 Å². The van der Waals surface area contributed by atoms with Gasteiger partial charge in [0.05, 0.1) is 5.92 Å². The molecule has 0 aromatic heterocycles. The molecule has 6 heteroatoms. The molecule has 1 aliphatic carbocycles. The Morgan fingerprint density at radius 3 is 2.46 bits per heavy atom. The highest BCUT2D eigenvalue weighted by Crippen LogP contribution is 2.28. The van der Waals surface area contributed by atoms with Crippen molar-refractivity contribution in [2.24, 2.45) is 17.8 Å². The molecule has 2 aliphatic rings. The monoisotopic (exact) mass is 406 g/mol. The maximum absolute atomic E-state index is 12.6. The van der Waals surface area contributed by atoms with Crippen LogP contribution in [0.15, 0.2) is 24.3 Å². The zero-order chi connectivity index (χ0) is 19.9. The predicted octanol–water partition coefficient (Wildman–Crippen LogP) is 3.72. The van der Waals surface area contributed by atoms with Crippen LogP contribution in [0, 0.1) is 17.8 Å². The molecule has 1 heterocycles. The normalized spacial score (nSPS) is 24.2. The first-order valence-electron chi connectivity index (χ1n) is 10.5. The minimum absolute atomic E-state index is 0.112. The third-order valence-corrected chi connectivity index (χ3v) is 6.51. The molecule has 0 amide bonds. The Bertz CT molecular complexity index is 656. The quantitative estimate of drug-likeness (QED) is 0.508. The van der Waals surface area contributed by atoms with Gasteiger partial charge in [-0.15, -0.1) is 0 Å². The van der Waals surface area contributed by atoms with Crippen LogP contribution in [0.4, 0.5) is 0 Å². The van der Waals surface area contributed by atoms with Crippen LogP contribution in [0.3, 0.4) is 0 Å². The van der Waals surface area contributed by atoms with E-state index in [0.29, 0.717) is 10.9 Å². The van der Waals surface area contributed by atoms with Crippen LogP contribution in [0.5, 0.6) is 0 Å². The van der Waals surface area contributed by atoms with Crippen molar-refractivity contribution in [2.45, 2.75) is 38.5 Å². The van der Waals surface area contributed by atoms with Gasteiger partial charge in [-0.25, -0.2) is 0 Å².